The number of anilines is 1. The molecule has 0 bridgehead atoms. The monoisotopic (exact) mass is 586 g/mol. The van der Waals surface area contributed by atoms with Crippen molar-refractivity contribution < 1.29 is 23.0 Å². The van der Waals surface area contributed by atoms with Crippen molar-refractivity contribution in [1.82, 2.24) is 24.6 Å². The van der Waals surface area contributed by atoms with Gasteiger partial charge >= 0.3 is 6.01 Å². The fourth-order valence-corrected chi connectivity index (χ4v) is 6.96. The van der Waals surface area contributed by atoms with E-state index in [1.165, 1.54) is 24.3 Å². The molecule has 0 saturated carbocycles. The highest BCUT2D eigenvalue weighted by atomic mass is 19.1. The van der Waals surface area contributed by atoms with E-state index >= 15 is 4.39 Å². The summed E-state index contributed by atoms with van der Waals surface area (Å²) in [5.74, 6) is 1.26. The zero-order chi connectivity index (χ0) is 30.2. The lowest BCUT2D eigenvalue weighted by molar-refractivity contribution is 0.107. The van der Waals surface area contributed by atoms with Gasteiger partial charge in [-0.05, 0) is 48.5 Å². The summed E-state index contributed by atoms with van der Waals surface area (Å²) in [6.07, 6.45) is 8.65. The molecule has 2 saturated heterocycles. The Hall–Kier alpha value is -4.56. The van der Waals surface area contributed by atoms with Crippen molar-refractivity contribution in [3.63, 3.8) is 0 Å². The number of alkyl halides is 1. The highest BCUT2D eigenvalue weighted by Crippen LogP contribution is 2.45. The number of fused-ring (bicyclic) bond motifs is 5. The number of ether oxygens (including phenoxy) is 1. The van der Waals surface area contributed by atoms with Crippen LogP contribution in [0.25, 0.3) is 43.7 Å². The lowest BCUT2D eigenvalue weighted by Gasteiger charge is -2.31. The highest BCUT2D eigenvalue weighted by Gasteiger charge is 2.49. The summed E-state index contributed by atoms with van der Waals surface area (Å²) in [4.78, 5) is 13.1. The number of benzene rings is 3. The second-order valence-electron chi connectivity index (χ2n) is 11.7. The van der Waals surface area contributed by atoms with Gasteiger partial charge in [0.15, 0.2) is 5.82 Å². The maximum absolute atomic E-state index is 17.0. The Morgan fingerprint density at radius 1 is 1.19 bits per heavy atom. The van der Waals surface area contributed by atoms with Crippen molar-refractivity contribution in [2.75, 3.05) is 38.7 Å². The predicted octanol–water partition coefficient (Wildman–Crippen LogP) is 5.32. The topological polar surface area (TPSA) is 79.5 Å². The van der Waals surface area contributed by atoms with Crippen LogP contribution in [0.3, 0.4) is 0 Å². The quantitative estimate of drug-likeness (QED) is 0.279. The molecular formula is C32H29F3N6O2. The molecule has 3 aromatic carbocycles. The normalized spacial score (nSPS) is 20.3. The van der Waals surface area contributed by atoms with E-state index in [4.69, 9.17) is 11.2 Å². The minimum atomic E-state index is -0.924. The largest absolute Gasteiger partial charge is 0.508 e. The summed E-state index contributed by atoms with van der Waals surface area (Å²) >= 11 is 0. The van der Waals surface area contributed by atoms with Crippen LogP contribution in [0.15, 0.2) is 30.5 Å². The van der Waals surface area contributed by atoms with Gasteiger partial charge < -0.3 is 14.7 Å². The van der Waals surface area contributed by atoms with Gasteiger partial charge in [0.2, 0.25) is 0 Å². The first-order chi connectivity index (χ1) is 20.6. The zero-order valence-corrected chi connectivity index (χ0v) is 24.0. The van der Waals surface area contributed by atoms with Crippen LogP contribution >= 0.6 is 0 Å². The van der Waals surface area contributed by atoms with Gasteiger partial charge in [-0.15, -0.1) is 6.42 Å². The molecule has 0 unspecified atom stereocenters. The number of phenols is 1. The molecule has 0 amide bonds. The minimum absolute atomic E-state index is 0.0112. The Morgan fingerprint density at radius 3 is 2.77 bits per heavy atom. The maximum Gasteiger partial charge on any atom is 0.319 e. The number of aromatic nitrogens is 4. The highest BCUT2D eigenvalue weighted by molar-refractivity contribution is 6.18. The van der Waals surface area contributed by atoms with Crippen LogP contribution in [-0.2, 0) is 7.05 Å². The molecule has 2 atom stereocenters. The van der Waals surface area contributed by atoms with Crippen molar-refractivity contribution >= 4 is 38.4 Å². The summed E-state index contributed by atoms with van der Waals surface area (Å²) in [6.45, 7) is 1.36. The first kappa shape index (κ1) is 27.3. The molecule has 2 aliphatic rings. The summed E-state index contributed by atoms with van der Waals surface area (Å²) in [5, 5.41) is 16.9. The van der Waals surface area contributed by atoms with Crippen LogP contribution in [0.5, 0.6) is 11.8 Å². The molecule has 4 heterocycles. The van der Waals surface area contributed by atoms with Crippen LogP contribution < -0.4 is 9.64 Å². The average Bonchev–Trinajstić information content (AvgIpc) is 3.62. The third-order valence-electron chi connectivity index (χ3n) is 8.75. The van der Waals surface area contributed by atoms with E-state index < -0.39 is 23.3 Å². The Morgan fingerprint density at radius 2 is 2.00 bits per heavy atom. The third-order valence-corrected chi connectivity index (χ3v) is 8.75. The lowest BCUT2D eigenvalue weighted by Crippen LogP contribution is -2.43. The number of hydrogen-bond acceptors (Lipinski definition) is 7. The van der Waals surface area contributed by atoms with Crippen molar-refractivity contribution in [2.24, 2.45) is 7.05 Å². The average molecular weight is 587 g/mol. The van der Waals surface area contributed by atoms with Gasteiger partial charge in [-0.3, -0.25) is 9.58 Å². The number of hydrogen-bond donors (Lipinski definition) is 1. The van der Waals surface area contributed by atoms with Crippen LogP contribution in [0.2, 0.25) is 0 Å². The first-order valence-corrected chi connectivity index (χ1v) is 14.1. The standard InChI is InChI=1S/C32H29F3N6O2/c1-5-20-23(34)8-7-17-11-19(42)12-21(24(17)20)25-27(35)29-26(22-15-40(4)38-28(22)25)30(39(2)3)37-31(36-29)43-16-32-9-6-10-41(32)14-18(33)13-32/h1,7-8,11-12,15,18,42H,6,9-10,13-14,16H2,2-4H3/t18-,32+/m1/s1. The molecular weight excluding hydrogens is 557 g/mol. The van der Waals surface area contributed by atoms with E-state index in [-0.39, 0.29) is 51.5 Å². The van der Waals surface area contributed by atoms with Crippen LogP contribution in [0.1, 0.15) is 24.8 Å². The maximum atomic E-state index is 17.0. The number of aryl methyl sites for hydroxylation is 1. The van der Waals surface area contributed by atoms with E-state index in [0.717, 1.165) is 19.4 Å². The van der Waals surface area contributed by atoms with E-state index in [9.17, 15) is 13.9 Å². The Kier molecular flexibility index (Phi) is 6.18. The Bertz CT molecular complexity index is 2000. The molecule has 8 nitrogen and oxygen atoms in total. The fraction of sp³-hybridized carbons (Fsp3) is 0.344. The van der Waals surface area contributed by atoms with Crippen LogP contribution in [0, 0.1) is 24.0 Å². The van der Waals surface area contributed by atoms with Crippen LogP contribution in [-0.4, -0.2) is 75.3 Å². The van der Waals surface area contributed by atoms with Gasteiger partial charge in [0.05, 0.1) is 16.5 Å². The number of rotatable bonds is 5. The summed E-state index contributed by atoms with van der Waals surface area (Å²) < 4.78 is 54.0. The molecule has 0 radical (unpaired) electrons. The molecule has 220 valence electrons. The number of halogens is 3. The van der Waals surface area contributed by atoms with Gasteiger partial charge in [-0.25, -0.2) is 13.2 Å². The molecule has 2 aromatic heterocycles. The molecule has 43 heavy (non-hydrogen) atoms. The van der Waals surface area contributed by atoms with E-state index in [0.29, 0.717) is 34.9 Å². The predicted molar refractivity (Wildman–Crippen MR) is 159 cm³/mol. The van der Waals surface area contributed by atoms with E-state index in [2.05, 4.69) is 25.9 Å². The minimum Gasteiger partial charge on any atom is -0.508 e. The van der Waals surface area contributed by atoms with Crippen molar-refractivity contribution in [1.29, 1.82) is 0 Å². The second-order valence-corrected chi connectivity index (χ2v) is 11.7. The summed E-state index contributed by atoms with van der Waals surface area (Å²) in [7, 11) is 5.28. The van der Waals surface area contributed by atoms with Crippen molar-refractivity contribution in [2.45, 2.75) is 31.0 Å². The Balaban J connectivity index is 1.49. The SMILES string of the molecule is C#Cc1c(F)ccc2cc(O)cc(-c3c(F)c4nc(OC[C@@]56CCCN5C[C@H](F)C6)nc(N(C)C)c4c4cn(C)nc34)c12. The molecule has 2 fully saturated rings. The molecule has 7 rings (SSSR count). The fourth-order valence-electron chi connectivity index (χ4n) is 6.96. The molecule has 1 N–H and O–H groups in total. The molecule has 0 spiro atoms. The van der Waals surface area contributed by atoms with Gasteiger partial charge in [0.1, 0.15) is 41.2 Å². The van der Waals surface area contributed by atoms with Crippen molar-refractivity contribution in [3.8, 4) is 35.2 Å². The van der Waals surface area contributed by atoms with Gasteiger partial charge in [-0.2, -0.15) is 15.1 Å². The van der Waals surface area contributed by atoms with Crippen LogP contribution in [0.4, 0.5) is 19.0 Å². The van der Waals surface area contributed by atoms with Gasteiger partial charge in [0.25, 0.3) is 0 Å². The number of terminal acetylenes is 1. The summed E-state index contributed by atoms with van der Waals surface area (Å²) in [5.41, 5.74) is -0.0683. The second kappa shape index (κ2) is 9.74. The molecule has 5 aromatic rings. The smallest absolute Gasteiger partial charge is 0.319 e. The van der Waals surface area contributed by atoms with E-state index in [1.54, 1.807) is 36.9 Å². The summed E-state index contributed by atoms with van der Waals surface area (Å²) in [6, 6.07) is 5.47. The van der Waals surface area contributed by atoms with E-state index in [1.807, 2.05) is 0 Å². The van der Waals surface area contributed by atoms with Crippen molar-refractivity contribution in [3.05, 3.63) is 47.7 Å². The number of nitrogens with zero attached hydrogens (tertiary/aromatic N) is 6. The number of aromatic hydroxyl groups is 1. The number of phenolic OH excluding ortho intramolecular Hbond substituents is 1. The Labute approximate surface area is 245 Å². The zero-order valence-electron chi connectivity index (χ0n) is 24.0. The first-order valence-electron chi connectivity index (χ1n) is 14.1. The molecule has 2 aliphatic heterocycles. The molecule has 0 aliphatic carbocycles. The van der Waals surface area contributed by atoms with Gasteiger partial charge in [0, 0.05) is 56.6 Å². The molecule has 11 heteroatoms. The third kappa shape index (κ3) is 4.15. The lowest BCUT2D eigenvalue weighted by atomic mass is 9.91. The van der Waals surface area contributed by atoms with Gasteiger partial charge in [-0.1, -0.05) is 12.0 Å².